The normalized spacial score (nSPS) is 24.7. The number of hydrogen-bond donors (Lipinski definition) is 1. The summed E-state index contributed by atoms with van der Waals surface area (Å²) < 4.78 is 5.19. The number of piperazine rings is 1. The van der Waals surface area contributed by atoms with Crippen molar-refractivity contribution in [2.45, 2.75) is 44.2 Å². The highest BCUT2D eigenvalue weighted by Gasteiger charge is 2.31. The van der Waals surface area contributed by atoms with Crippen LogP contribution < -0.4 is 5.32 Å². The predicted molar refractivity (Wildman–Crippen MR) is 121 cm³/mol. The number of hydrogen-bond acceptors (Lipinski definition) is 7. The molecule has 8 heteroatoms. The molecule has 3 aliphatic rings. The first-order valence-electron chi connectivity index (χ1n) is 11.7. The molecule has 0 atom stereocenters. The Balaban J connectivity index is 1.12. The van der Waals surface area contributed by atoms with Gasteiger partial charge in [-0.3, -0.25) is 9.69 Å². The molecule has 1 aromatic heterocycles. The molecule has 8 nitrogen and oxygen atoms in total. The monoisotopic (exact) mass is 434 g/mol. The molecule has 168 valence electrons. The van der Waals surface area contributed by atoms with Crippen LogP contribution in [-0.2, 0) is 9.53 Å². The molecule has 1 aromatic carbocycles. The van der Waals surface area contributed by atoms with E-state index < -0.39 is 0 Å². The Morgan fingerprint density at radius 1 is 1.12 bits per heavy atom. The number of amides is 1. The van der Waals surface area contributed by atoms with Crippen LogP contribution in [0.25, 0.3) is 10.9 Å². The fourth-order valence-electron chi connectivity index (χ4n) is 5.13. The highest BCUT2D eigenvalue weighted by molar-refractivity contribution is 5.89. The number of fused-ring (bicyclic) bond motifs is 1. The first-order chi connectivity index (χ1) is 15.7. The van der Waals surface area contributed by atoms with Crippen molar-refractivity contribution in [3.63, 3.8) is 0 Å². The van der Waals surface area contributed by atoms with Crippen LogP contribution in [0.2, 0.25) is 0 Å². The fourth-order valence-corrected chi connectivity index (χ4v) is 5.13. The second kappa shape index (κ2) is 9.39. The van der Waals surface area contributed by atoms with Gasteiger partial charge >= 0.3 is 0 Å². The van der Waals surface area contributed by atoms with Gasteiger partial charge in [-0.2, -0.15) is 5.26 Å². The summed E-state index contributed by atoms with van der Waals surface area (Å²) in [5.41, 5.74) is 1.48. The summed E-state index contributed by atoms with van der Waals surface area (Å²) >= 11 is 0. The van der Waals surface area contributed by atoms with E-state index in [0.29, 0.717) is 35.9 Å². The van der Waals surface area contributed by atoms with Crippen molar-refractivity contribution in [3.05, 3.63) is 30.1 Å². The first kappa shape index (κ1) is 21.1. The van der Waals surface area contributed by atoms with Gasteiger partial charge in [0.25, 0.3) is 0 Å². The van der Waals surface area contributed by atoms with Crippen molar-refractivity contribution in [2.75, 3.05) is 44.7 Å². The molecule has 0 spiro atoms. The molecule has 1 N–H and O–H groups in total. The zero-order chi connectivity index (χ0) is 21.9. The molecular formula is C24H30N6O2. The van der Waals surface area contributed by atoms with Gasteiger partial charge in [-0.25, -0.2) is 9.97 Å². The summed E-state index contributed by atoms with van der Waals surface area (Å²) in [6.45, 7) is 5.13. The Bertz CT molecular complexity index is 1000. The van der Waals surface area contributed by atoms with Crippen molar-refractivity contribution in [2.24, 2.45) is 5.92 Å². The number of anilines is 1. The molecule has 1 amide bonds. The van der Waals surface area contributed by atoms with Crippen LogP contribution in [0.1, 0.15) is 37.7 Å². The Labute approximate surface area is 188 Å². The van der Waals surface area contributed by atoms with E-state index >= 15 is 0 Å². The van der Waals surface area contributed by atoms with E-state index in [0.717, 1.165) is 81.8 Å². The smallest absolute Gasteiger partial charge is 0.223 e. The minimum absolute atomic E-state index is 0.294. The van der Waals surface area contributed by atoms with Crippen LogP contribution in [0.5, 0.6) is 0 Å². The predicted octanol–water partition coefficient (Wildman–Crippen LogP) is 2.41. The van der Waals surface area contributed by atoms with Gasteiger partial charge < -0.3 is 15.0 Å². The lowest BCUT2D eigenvalue weighted by atomic mass is 9.89. The number of benzene rings is 1. The molecule has 0 bridgehead atoms. The minimum Gasteiger partial charge on any atom is -0.381 e. The van der Waals surface area contributed by atoms with Gasteiger partial charge in [0.1, 0.15) is 12.1 Å². The lowest BCUT2D eigenvalue weighted by molar-refractivity contribution is -0.138. The number of carbonyl (C=O) groups is 1. The van der Waals surface area contributed by atoms with Gasteiger partial charge in [0.05, 0.1) is 30.4 Å². The third-order valence-corrected chi connectivity index (χ3v) is 7.16. The second-order valence-electron chi connectivity index (χ2n) is 9.24. The lowest BCUT2D eigenvalue weighted by Crippen LogP contribution is -2.53. The van der Waals surface area contributed by atoms with E-state index in [1.165, 1.54) is 0 Å². The zero-order valence-electron chi connectivity index (χ0n) is 18.4. The molecule has 0 radical (unpaired) electrons. The largest absolute Gasteiger partial charge is 0.381 e. The number of ether oxygens (including phenoxy) is 1. The van der Waals surface area contributed by atoms with E-state index in [4.69, 9.17) is 4.74 Å². The van der Waals surface area contributed by atoms with Crippen molar-refractivity contribution in [3.8, 4) is 6.07 Å². The molecule has 1 aliphatic carbocycles. The molecule has 2 aliphatic heterocycles. The summed E-state index contributed by atoms with van der Waals surface area (Å²) in [5, 5.41) is 13.7. The molecule has 2 saturated heterocycles. The van der Waals surface area contributed by atoms with Gasteiger partial charge in [0.15, 0.2) is 0 Å². The molecule has 32 heavy (non-hydrogen) atoms. The van der Waals surface area contributed by atoms with Crippen LogP contribution in [0.4, 0.5) is 5.82 Å². The van der Waals surface area contributed by atoms with E-state index in [9.17, 15) is 10.1 Å². The number of carbonyl (C=O) groups excluding carboxylic acids is 1. The number of aromatic nitrogens is 2. The third kappa shape index (κ3) is 4.54. The molecule has 3 heterocycles. The second-order valence-corrected chi connectivity index (χ2v) is 9.24. The molecular weight excluding hydrogens is 404 g/mol. The Kier molecular flexibility index (Phi) is 6.19. The summed E-state index contributed by atoms with van der Waals surface area (Å²) in [7, 11) is 0. The SMILES string of the molecule is N#Cc1ccc2ncnc(NC3CCC(N4CCN(C(=O)CC5COC5)CC4)CC3)c2c1. The standard InChI is InChI=1S/C24H30N6O2/c25-13-17-1-6-22-21(11-17)24(27-16-26-22)28-19-2-4-20(5-3-19)29-7-9-30(10-8-29)23(31)12-18-14-32-15-18/h1,6,11,16,18-20H,2-5,7-10,12,14-15H2,(H,26,27,28). The topological polar surface area (TPSA) is 94.4 Å². The summed E-state index contributed by atoms with van der Waals surface area (Å²) in [4.78, 5) is 25.8. The van der Waals surface area contributed by atoms with Crippen LogP contribution in [-0.4, -0.2) is 77.2 Å². The zero-order valence-corrected chi connectivity index (χ0v) is 18.4. The van der Waals surface area contributed by atoms with Crippen LogP contribution in [0.15, 0.2) is 24.5 Å². The first-order valence-corrected chi connectivity index (χ1v) is 11.7. The molecule has 1 saturated carbocycles. The van der Waals surface area contributed by atoms with E-state index in [-0.39, 0.29) is 0 Å². The van der Waals surface area contributed by atoms with Crippen LogP contribution >= 0.6 is 0 Å². The summed E-state index contributed by atoms with van der Waals surface area (Å²) in [6, 6.07) is 8.70. The minimum atomic E-state index is 0.294. The highest BCUT2D eigenvalue weighted by Crippen LogP contribution is 2.28. The van der Waals surface area contributed by atoms with Crippen LogP contribution in [0.3, 0.4) is 0 Å². The fraction of sp³-hybridized carbons (Fsp3) is 0.583. The summed E-state index contributed by atoms with van der Waals surface area (Å²) in [6.07, 6.45) is 6.71. The average molecular weight is 435 g/mol. The van der Waals surface area contributed by atoms with E-state index in [1.807, 2.05) is 17.0 Å². The highest BCUT2D eigenvalue weighted by atomic mass is 16.5. The Hall–Kier alpha value is -2.76. The average Bonchev–Trinajstić information content (AvgIpc) is 2.82. The van der Waals surface area contributed by atoms with Crippen molar-refractivity contribution >= 4 is 22.6 Å². The van der Waals surface area contributed by atoms with Crippen molar-refractivity contribution < 1.29 is 9.53 Å². The number of nitriles is 1. The van der Waals surface area contributed by atoms with Gasteiger partial charge in [-0.1, -0.05) is 0 Å². The molecule has 0 unspecified atom stereocenters. The maximum atomic E-state index is 12.4. The maximum absolute atomic E-state index is 12.4. The lowest BCUT2D eigenvalue weighted by Gasteiger charge is -2.42. The van der Waals surface area contributed by atoms with Crippen molar-refractivity contribution in [1.82, 2.24) is 19.8 Å². The van der Waals surface area contributed by atoms with E-state index in [2.05, 4.69) is 26.3 Å². The molecule has 3 fully saturated rings. The number of rotatable bonds is 5. The Morgan fingerprint density at radius 3 is 2.59 bits per heavy atom. The van der Waals surface area contributed by atoms with Gasteiger partial charge in [-0.05, 0) is 43.9 Å². The number of nitrogens with one attached hydrogen (secondary N) is 1. The molecule has 5 rings (SSSR count). The quantitative estimate of drug-likeness (QED) is 0.772. The van der Waals surface area contributed by atoms with Gasteiger partial charge in [-0.15, -0.1) is 0 Å². The third-order valence-electron chi connectivity index (χ3n) is 7.16. The van der Waals surface area contributed by atoms with Crippen molar-refractivity contribution in [1.29, 1.82) is 5.26 Å². The van der Waals surface area contributed by atoms with Gasteiger partial charge in [0, 0.05) is 56.0 Å². The summed E-state index contributed by atoms with van der Waals surface area (Å²) in [5.74, 6) is 1.55. The van der Waals surface area contributed by atoms with Gasteiger partial charge in [0.2, 0.25) is 5.91 Å². The Morgan fingerprint density at radius 2 is 1.91 bits per heavy atom. The molecule has 2 aromatic rings. The maximum Gasteiger partial charge on any atom is 0.223 e. The number of nitrogens with zero attached hydrogens (tertiary/aromatic N) is 5. The van der Waals surface area contributed by atoms with Crippen LogP contribution in [0, 0.1) is 17.2 Å². The van der Waals surface area contributed by atoms with E-state index in [1.54, 1.807) is 12.4 Å².